The van der Waals surface area contributed by atoms with E-state index in [0.717, 1.165) is 30.9 Å². The zero-order chi connectivity index (χ0) is 17.8. The van der Waals surface area contributed by atoms with Crippen LogP contribution in [-0.4, -0.2) is 55.6 Å². The molecule has 1 atom stereocenters. The number of hydrogen-bond acceptors (Lipinski definition) is 4. The number of hydrogen-bond donors (Lipinski definition) is 2. The molecule has 2 aliphatic rings. The molecule has 2 amide bonds. The molecule has 6 nitrogen and oxygen atoms in total. The molecule has 1 unspecified atom stereocenters. The monoisotopic (exact) mass is 345 g/mol. The number of morpholine rings is 1. The van der Waals surface area contributed by atoms with Crippen molar-refractivity contribution >= 4 is 17.5 Å². The summed E-state index contributed by atoms with van der Waals surface area (Å²) in [5.74, 6) is 0.568. The Labute approximate surface area is 148 Å². The second-order valence-electron chi connectivity index (χ2n) is 7.28. The fourth-order valence-corrected chi connectivity index (χ4v) is 3.42. The van der Waals surface area contributed by atoms with Gasteiger partial charge in [0.1, 0.15) is 0 Å². The summed E-state index contributed by atoms with van der Waals surface area (Å²) in [6, 6.07) is 5.44. The van der Waals surface area contributed by atoms with Gasteiger partial charge < -0.3 is 15.4 Å². The van der Waals surface area contributed by atoms with Crippen LogP contribution in [0.1, 0.15) is 36.2 Å². The van der Waals surface area contributed by atoms with E-state index in [4.69, 9.17) is 4.74 Å². The number of aryl methyl sites for hydroxylation is 1. The summed E-state index contributed by atoms with van der Waals surface area (Å²) in [6.07, 6.45) is 1.19. The van der Waals surface area contributed by atoms with Gasteiger partial charge in [-0.05, 0) is 36.1 Å². The Hall–Kier alpha value is -1.92. The molecule has 25 heavy (non-hydrogen) atoms. The van der Waals surface area contributed by atoms with Crippen LogP contribution in [0.5, 0.6) is 0 Å². The van der Waals surface area contributed by atoms with Crippen molar-refractivity contribution in [1.82, 2.24) is 10.2 Å². The fourth-order valence-electron chi connectivity index (χ4n) is 3.42. The topological polar surface area (TPSA) is 70.7 Å². The summed E-state index contributed by atoms with van der Waals surface area (Å²) >= 11 is 0. The number of fused-ring (bicyclic) bond motifs is 1. The van der Waals surface area contributed by atoms with Crippen molar-refractivity contribution in [1.29, 1.82) is 0 Å². The van der Waals surface area contributed by atoms with Gasteiger partial charge in [0.25, 0.3) is 5.91 Å². The molecule has 1 aromatic carbocycles. The largest absolute Gasteiger partial charge is 0.374 e. The van der Waals surface area contributed by atoms with Crippen molar-refractivity contribution in [2.45, 2.75) is 32.8 Å². The number of carbonyl (C=O) groups is 2. The van der Waals surface area contributed by atoms with Crippen molar-refractivity contribution in [2.24, 2.45) is 5.92 Å². The molecule has 0 aliphatic carbocycles. The highest BCUT2D eigenvalue weighted by Crippen LogP contribution is 2.23. The molecule has 6 heteroatoms. The van der Waals surface area contributed by atoms with Crippen molar-refractivity contribution in [3.63, 3.8) is 0 Å². The highest BCUT2D eigenvalue weighted by molar-refractivity contribution is 5.97. The molecule has 136 valence electrons. The second-order valence-corrected chi connectivity index (χ2v) is 7.28. The molecule has 3 rings (SSSR count). The first-order valence-corrected chi connectivity index (χ1v) is 9.06. The van der Waals surface area contributed by atoms with Gasteiger partial charge in [-0.3, -0.25) is 14.5 Å². The molecule has 0 aromatic heterocycles. The summed E-state index contributed by atoms with van der Waals surface area (Å²) in [6.45, 7) is 8.53. The molecule has 2 N–H and O–H groups in total. The first-order valence-electron chi connectivity index (χ1n) is 9.06. The lowest BCUT2D eigenvalue weighted by molar-refractivity contribution is -0.116. The number of ether oxygens (including phenoxy) is 1. The van der Waals surface area contributed by atoms with E-state index in [-0.39, 0.29) is 17.9 Å². The fraction of sp³-hybridized carbons (Fsp3) is 0.579. The Kier molecular flexibility index (Phi) is 5.71. The van der Waals surface area contributed by atoms with Crippen LogP contribution in [-0.2, 0) is 16.0 Å². The van der Waals surface area contributed by atoms with Crippen molar-refractivity contribution in [3.8, 4) is 0 Å². The third kappa shape index (κ3) is 4.80. The maximum absolute atomic E-state index is 12.4. The smallest absolute Gasteiger partial charge is 0.251 e. The van der Waals surface area contributed by atoms with E-state index in [0.29, 0.717) is 37.5 Å². The highest BCUT2D eigenvalue weighted by Gasteiger charge is 2.22. The lowest BCUT2D eigenvalue weighted by Crippen LogP contribution is -2.48. The molecule has 0 spiro atoms. The average molecular weight is 345 g/mol. The van der Waals surface area contributed by atoms with Crippen LogP contribution in [0.2, 0.25) is 0 Å². The normalized spacial score (nSPS) is 20.9. The van der Waals surface area contributed by atoms with Gasteiger partial charge in [-0.15, -0.1) is 0 Å². The minimum atomic E-state index is -0.0933. The molecule has 0 saturated carbocycles. The van der Waals surface area contributed by atoms with E-state index in [2.05, 4.69) is 29.4 Å². The third-order valence-corrected chi connectivity index (χ3v) is 4.60. The molecular formula is C19H27N3O3. The van der Waals surface area contributed by atoms with E-state index < -0.39 is 0 Å². The summed E-state index contributed by atoms with van der Waals surface area (Å²) in [5, 5.41) is 5.81. The number of nitrogens with one attached hydrogen (secondary N) is 2. The molecule has 0 bridgehead atoms. The van der Waals surface area contributed by atoms with E-state index in [1.807, 2.05) is 12.1 Å². The molecule has 1 fully saturated rings. The quantitative estimate of drug-likeness (QED) is 0.851. The maximum atomic E-state index is 12.4. The average Bonchev–Trinajstić information content (AvgIpc) is 2.59. The van der Waals surface area contributed by atoms with E-state index in [1.54, 1.807) is 6.07 Å². The Morgan fingerprint density at radius 2 is 2.24 bits per heavy atom. The lowest BCUT2D eigenvalue weighted by atomic mass is 10.00. The molecule has 1 aromatic rings. The van der Waals surface area contributed by atoms with Crippen LogP contribution < -0.4 is 10.6 Å². The number of benzene rings is 1. The van der Waals surface area contributed by atoms with E-state index >= 15 is 0 Å². The second kappa shape index (κ2) is 7.97. The van der Waals surface area contributed by atoms with Gasteiger partial charge in [-0.1, -0.05) is 13.8 Å². The van der Waals surface area contributed by atoms with Crippen LogP contribution >= 0.6 is 0 Å². The van der Waals surface area contributed by atoms with Gasteiger partial charge in [-0.2, -0.15) is 0 Å². The Morgan fingerprint density at radius 1 is 1.40 bits per heavy atom. The Morgan fingerprint density at radius 3 is 3.04 bits per heavy atom. The number of amides is 2. The molecule has 2 aliphatic heterocycles. The predicted octanol–water partition coefficient (Wildman–Crippen LogP) is 1.66. The molecular weight excluding hydrogens is 318 g/mol. The Bertz CT molecular complexity index is 645. The number of rotatable bonds is 5. The number of nitrogens with zero attached hydrogens (tertiary/aromatic N) is 1. The van der Waals surface area contributed by atoms with Crippen LogP contribution in [0, 0.1) is 5.92 Å². The number of anilines is 1. The third-order valence-electron chi connectivity index (χ3n) is 4.60. The first kappa shape index (κ1) is 17.9. The highest BCUT2D eigenvalue weighted by atomic mass is 16.5. The predicted molar refractivity (Wildman–Crippen MR) is 96.7 cm³/mol. The summed E-state index contributed by atoms with van der Waals surface area (Å²) in [4.78, 5) is 26.2. The minimum Gasteiger partial charge on any atom is -0.374 e. The molecule has 2 heterocycles. The lowest BCUT2D eigenvalue weighted by Gasteiger charge is -2.34. The van der Waals surface area contributed by atoms with Crippen molar-refractivity contribution in [3.05, 3.63) is 29.3 Å². The zero-order valence-electron chi connectivity index (χ0n) is 15.0. The summed E-state index contributed by atoms with van der Waals surface area (Å²) < 4.78 is 5.77. The standard InChI is InChI=1S/C19H27N3O3/c1-13(2)11-22-7-8-25-16(12-22)10-20-19(24)15-3-5-17-14(9-15)4-6-18(23)21-17/h3,5,9,13,16H,4,6-8,10-12H2,1-2H3,(H,20,24)(H,21,23). The minimum absolute atomic E-state index is 0.0325. The van der Waals surface area contributed by atoms with Gasteiger partial charge in [0.05, 0.1) is 12.7 Å². The number of carbonyl (C=O) groups excluding carboxylic acids is 2. The van der Waals surface area contributed by atoms with Gasteiger partial charge in [0.15, 0.2) is 0 Å². The van der Waals surface area contributed by atoms with Crippen LogP contribution in [0.15, 0.2) is 18.2 Å². The van der Waals surface area contributed by atoms with Gasteiger partial charge in [-0.25, -0.2) is 0 Å². The van der Waals surface area contributed by atoms with Crippen LogP contribution in [0.25, 0.3) is 0 Å². The van der Waals surface area contributed by atoms with Crippen molar-refractivity contribution in [2.75, 3.05) is 38.1 Å². The van der Waals surface area contributed by atoms with E-state index in [1.165, 1.54) is 0 Å². The summed E-state index contributed by atoms with van der Waals surface area (Å²) in [7, 11) is 0. The van der Waals surface area contributed by atoms with Gasteiger partial charge in [0, 0.05) is 43.9 Å². The van der Waals surface area contributed by atoms with Gasteiger partial charge in [0.2, 0.25) is 5.91 Å². The van der Waals surface area contributed by atoms with E-state index in [9.17, 15) is 9.59 Å². The Balaban J connectivity index is 1.53. The maximum Gasteiger partial charge on any atom is 0.251 e. The first-order chi connectivity index (χ1) is 12.0. The van der Waals surface area contributed by atoms with Crippen LogP contribution in [0.3, 0.4) is 0 Å². The van der Waals surface area contributed by atoms with Crippen molar-refractivity contribution < 1.29 is 14.3 Å². The van der Waals surface area contributed by atoms with Crippen LogP contribution in [0.4, 0.5) is 5.69 Å². The molecule has 0 radical (unpaired) electrons. The van der Waals surface area contributed by atoms with Gasteiger partial charge >= 0.3 is 0 Å². The molecule has 1 saturated heterocycles. The summed E-state index contributed by atoms with van der Waals surface area (Å²) in [5.41, 5.74) is 2.46. The zero-order valence-corrected chi connectivity index (χ0v) is 15.0. The SMILES string of the molecule is CC(C)CN1CCOC(CNC(=O)c2ccc3c(c2)CCC(=O)N3)C1.